The summed E-state index contributed by atoms with van der Waals surface area (Å²) in [5, 5.41) is 0. The third-order valence-electron chi connectivity index (χ3n) is 4.27. The number of halogens is 1. The van der Waals surface area contributed by atoms with Gasteiger partial charge in [0.15, 0.2) is 6.10 Å². The Balaban J connectivity index is 0.00000841. The Hall–Kier alpha value is -1.79. The highest BCUT2D eigenvalue weighted by Gasteiger charge is 2.25. The maximum absolute atomic E-state index is 12.2. The molecule has 0 aromatic heterocycles. The molecule has 0 unspecified atom stereocenters. The van der Waals surface area contributed by atoms with Gasteiger partial charge in [0.2, 0.25) is 0 Å². The first-order valence-electron chi connectivity index (χ1n) is 10.6. The minimum atomic E-state index is -0.508. The number of esters is 2. The number of hydrogen-bond acceptors (Lipinski definition) is 5. The maximum Gasteiger partial charge on any atom is 0.309 e. The molecule has 0 aliphatic carbocycles. The first-order chi connectivity index (χ1) is 13.8. The smallest absolute Gasteiger partial charge is 0.309 e. The molecule has 1 rings (SSSR count). The van der Waals surface area contributed by atoms with Crippen molar-refractivity contribution in [1.29, 1.82) is 0 Å². The largest absolute Gasteiger partial charge is 1.00 e. The van der Waals surface area contributed by atoms with Gasteiger partial charge in [-0.05, 0) is 18.6 Å². The number of carbonyl (C=O) groups is 2. The van der Waals surface area contributed by atoms with E-state index in [1.54, 1.807) is 0 Å². The quantitative estimate of drug-likeness (QED) is 0.230. The van der Waals surface area contributed by atoms with E-state index in [0.29, 0.717) is 23.4 Å². The summed E-state index contributed by atoms with van der Waals surface area (Å²) >= 11 is 0. The minimum Gasteiger partial charge on any atom is -1.00 e. The van der Waals surface area contributed by atoms with Crippen molar-refractivity contribution < 1.29 is 40.7 Å². The summed E-state index contributed by atoms with van der Waals surface area (Å²) in [6, 6.07) is 9.33. The van der Waals surface area contributed by atoms with Crippen molar-refractivity contribution in [2.24, 2.45) is 0 Å². The van der Waals surface area contributed by atoms with E-state index in [2.05, 4.69) is 6.92 Å². The summed E-state index contributed by atoms with van der Waals surface area (Å²) in [5.41, 5.74) is 0. The Labute approximate surface area is 187 Å². The average Bonchev–Trinajstić information content (AvgIpc) is 2.64. The lowest BCUT2D eigenvalue weighted by Crippen LogP contribution is -3.00. The number of carbonyl (C=O) groups excluding carboxylic acids is 2. The first-order valence-corrected chi connectivity index (χ1v) is 10.6. The SMILES string of the molecule is CCCCCCCOC(=O)C[C@H](C[N+](C)(C)C)OC(=O)CCOc1ccccc1.[Cl-]. The summed E-state index contributed by atoms with van der Waals surface area (Å²) in [5.74, 6) is 0.0322. The van der Waals surface area contributed by atoms with Crippen molar-refractivity contribution in [3.63, 3.8) is 0 Å². The van der Waals surface area contributed by atoms with Crippen LogP contribution < -0.4 is 17.1 Å². The van der Waals surface area contributed by atoms with Gasteiger partial charge in [0.25, 0.3) is 0 Å². The van der Waals surface area contributed by atoms with Crippen molar-refractivity contribution in [1.82, 2.24) is 0 Å². The fraction of sp³-hybridized carbons (Fsp3) is 0.652. The van der Waals surface area contributed by atoms with Gasteiger partial charge in [0.1, 0.15) is 12.3 Å². The fourth-order valence-corrected chi connectivity index (χ4v) is 2.90. The Bertz CT molecular complexity index is 589. The molecule has 0 aliphatic heterocycles. The molecular formula is C23H38ClNO5. The van der Waals surface area contributed by atoms with Crippen molar-refractivity contribution in [3.05, 3.63) is 30.3 Å². The van der Waals surface area contributed by atoms with Crippen LogP contribution in [0.15, 0.2) is 30.3 Å². The molecule has 1 aromatic carbocycles. The maximum atomic E-state index is 12.2. The van der Waals surface area contributed by atoms with Crippen LogP contribution in [0, 0.1) is 0 Å². The summed E-state index contributed by atoms with van der Waals surface area (Å²) in [7, 11) is 6.00. The molecule has 0 bridgehead atoms. The van der Waals surface area contributed by atoms with Gasteiger partial charge < -0.3 is 31.1 Å². The number of unbranched alkanes of at least 4 members (excludes halogenated alkanes) is 4. The number of benzene rings is 1. The molecule has 1 atom stereocenters. The van der Waals surface area contributed by atoms with Gasteiger partial charge in [0, 0.05) is 0 Å². The molecule has 0 N–H and O–H groups in total. The molecule has 1 aromatic rings. The predicted molar refractivity (Wildman–Crippen MR) is 114 cm³/mol. The Morgan fingerprint density at radius 1 is 0.933 bits per heavy atom. The summed E-state index contributed by atoms with van der Waals surface area (Å²) in [6.45, 7) is 3.38. The molecule has 172 valence electrons. The number of quaternary nitrogens is 1. The second-order valence-electron chi connectivity index (χ2n) is 8.34. The number of nitrogens with zero attached hydrogens (tertiary/aromatic N) is 1. The van der Waals surface area contributed by atoms with Crippen LogP contribution in [0.25, 0.3) is 0 Å². The van der Waals surface area contributed by atoms with Gasteiger partial charge in [-0.3, -0.25) is 9.59 Å². The lowest BCUT2D eigenvalue weighted by Gasteiger charge is -2.28. The number of hydrogen-bond donors (Lipinski definition) is 0. The van der Waals surface area contributed by atoms with Crippen molar-refractivity contribution in [3.8, 4) is 5.75 Å². The molecule has 0 heterocycles. The van der Waals surface area contributed by atoms with Crippen molar-refractivity contribution in [2.75, 3.05) is 40.9 Å². The van der Waals surface area contributed by atoms with Crippen LogP contribution in [-0.2, 0) is 19.1 Å². The second-order valence-corrected chi connectivity index (χ2v) is 8.34. The van der Waals surface area contributed by atoms with E-state index in [-0.39, 0.29) is 43.8 Å². The van der Waals surface area contributed by atoms with Gasteiger partial charge >= 0.3 is 11.9 Å². The normalized spacial score (nSPS) is 11.9. The Morgan fingerprint density at radius 2 is 1.60 bits per heavy atom. The van der Waals surface area contributed by atoms with Crippen LogP contribution in [0.5, 0.6) is 5.75 Å². The number of ether oxygens (including phenoxy) is 3. The topological polar surface area (TPSA) is 61.8 Å². The van der Waals surface area contributed by atoms with E-state index in [0.717, 1.165) is 12.8 Å². The van der Waals surface area contributed by atoms with Gasteiger partial charge in [-0.1, -0.05) is 50.8 Å². The molecule has 0 saturated carbocycles. The molecule has 0 spiro atoms. The van der Waals surface area contributed by atoms with Crippen molar-refractivity contribution in [2.45, 2.75) is 58.0 Å². The van der Waals surface area contributed by atoms with Crippen LogP contribution in [0.3, 0.4) is 0 Å². The van der Waals surface area contributed by atoms with Gasteiger partial charge in [-0.15, -0.1) is 0 Å². The molecule has 0 saturated heterocycles. The number of rotatable bonds is 15. The zero-order valence-electron chi connectivity index (χ0n) is 18.9. The molecule has 6 nitrogen and oxygen atoms in total. The van der Waals surface area contributed by atoms with E-state index < -0.39 is 6.10 Å². The molecule has 0 fully saturated rings. The number of para-hydroxylation sites is 1. The monoisotopic (exact) mass is 443 g/mol. The van der Waals surface area contributed by atoms with E-state index in [1.165, 1.54) is 19.3 Å². The second kappa shape index (κ2) is 16.0. The van der Waals surface area contributed by atoms with Crippen LogP contribution in [-0.4, -0.2) is 63.4 Å². The van der Waals surface area contributed by atoms with Gasteiger partial charge in [-0.25, -0.2) is 0 Å². The number of likely N-dealkylation sites (N-methyl/N-ethyl adjacent to an activating group) is 1. The minimum absolute atomic E-state index is 0. The lowest BCUT2D eigenvalue weighted by atomic mass is 10.2. The van der Waals surface area contributed by atoms with E-state index in [4.69, 9.17) is 14.2 Å². The van der Waals surface area contributed by atoms with Crippen LogP contribution in [0.1, 0.15) is 51.9 Å². The molecule has 0 radical (unpaired) electrons. The molecule has 0 aliphatic rings. The summed E-state index contributed by atoms with van der Waals surface area (Å²) in [4.78, 5) is 24.4. The summed E-state index contributed by atoms with van der Waals surface area (Å²) < 4.78 is 17.0. The Morgan fingerprint density at radius 3 is 2.23 bits per heavy atom. The lowest BCUT2D eigenvalue weighted by molar-refractivity contribution is -0.873. The highest BCUT2D eigenvalue weighted by atomic mass is 35.5. The van der Waals surface area contributed by atoms with E-state index >= 15 is 0 Å². The van der Waals surface area contributed by atoms with Gasteiger partial charge in [0.05, 0.1) is 47.2 Å². The molecule has 7 heteroatoms. The molecule has 30 heavy (non-hydrogen) atoms. The average molecular weight is 444 g/mol. The van der Waals surface area contributed by atoms with Crippen LogP contribution >= 0.6 is 0 Å². The predicted octanol–water partition coefficient (Wildman–Crippen LogP) is 0.981. The zero-order valence-corrected chi connectivity index (χ0v) is 19.7. The van der Waals surface area contributed by atoms with E-state index in [9.17, 15) is 9.59 Å². The highest BCUT2D eigenvalue weighted by molar-refractivity contribution is 5.72. The van der Waals surface area contributed by atoms with E-state index in [1.807, 2.05) is 51.5 Å². The fourth-order valence-electron chi connectivity index (χ4n) is 2.90. The van der Waals surface area contributed by atoms with Gasteiger partial charge in [-0.2, -0.15) is 0 Å². The molecule has 0 amide bonds. The van der Waals surface area contributed by atoms with Crippen LogP contribution in [0.4, 0.5) is 0 Å². The third-order valence-corrected chi connectivity index (χ3v) is 4.27. The molecular weight excluding hydrogens is 406 g/mol. The Kier molecular flexibility index (Phi) is 15.0. The standard InChI is InChI=1S/C23H38NO5.ClH/c1-5-6-7-8-12-16-28-23(26)18-21(19-24(2,3)4)29-22(25)15-17-27-20-13-10-9-11-14-20;/h9-11,13-14,21H,5-8,12,15-19H2,1-4H3;1H/q+1;/p-1/t21-;/m1./s1. The van der Waals surface area contributed by atoms with Crippen LogP contribution in [0.2, 0.25) is 0 Å². The zero-order chi connectivity index (χ0) is 21.5. The third kappa shape index (κ3) is 15.1. The summed E-state index contributed by atoms with van der Waals surface area (Å²) in [6.07, 6.45) is 5.22. The highest BCUT2D eigenvalue weighted by Crippen LogP contribution is 2.11. The first kappa shape index (κ1) is 28.2. The van der Waals surface area contributed by atoms with Crippen molar-refractivity contribution >= 4 is 11.9 Å².